The Labute approximate surface area is 144 Å². The van der Waals surface area contributed by atoms with Gasteiger partial charge >= 0.3 is 7.82 Å². The molecule has 1 N–H and O–H groups in total. The minimum atomic E-state index is -3.87. The standard InChI is InChI=1S/C18H39O4P/c1-5-7-14-18(6-2)16-22-23(19,20)21-15-12-10-8-9-11-13-17(3)4/h17-18H,5-16H2,1-4H3,(H,19,20). The van der Waals surface area contributed by atoms with Gasteiger partial charge in [0.15, 0.2) is 0 Å². The highest BCUT2D eigenvalue weighted by Gasteiger charge is 2.22. The molecule has 0 aromatic rings. The summed E-state index contributed by atoms with van der Waals surface area (Å²) < 4.78 is 22.0. The number of hydrogen-bond acceptors (Lipinski definition) is 3. The van der Waals surface area contributed by atoms with E-state index in [1.165, 1.54) is 25.7 Å². The molecule has 0 aromatic carbocycles. The molecule has 0 radical (unpaired) electrons. The minimum absolute atomic E-state index is 0.309. The normalized spacial score (nSPS) is 15.7. The van der Waals surface area contributed by atoms with Crippen molar-refractivity contribution in [2.24, 2.45) is 11.8 Å². The molecule has 0 bridgehead atoms. The van der Waals surface area contributed by atoms with Crippen LogP contribution in [0.1, 0.15) is 91.9 Å². The first-order valence-electron chi connectivity index (χ1n) is 9.53. The lowest BCUT2D eigenvalue weighted by atomic mass is 10.0. The number of phosphoric ester groups is 1. The number of rotatable bonds is 16. The van der Waals surface area contributed by atoms with Gasteiger partial charge in [-0.2, -0.15) is 0 Å². The number of unbranched alkanes of at least 4 members (excludes halogenated alkanes) is 5. The van der Waals surface area contributed by atoms with Crippen LogP contribution in [0, 0.1) is 11.8 Å². The predicted octanol–water partition coefficient (Wildman–Crippen LogP) is 6.33. The lowest BCUT2D eigenvalue weighted by molar-refractivity contribution is 0.125. The largest absolute Gasteiger partial charge is 0.472 e. The van der Waals surface area contributed by atoms with E-state index >= 15 is 0 Å². The maximum Gasteiger partial charge on any atom is 0.472 e. The fraction of sp³-hybridized carbons (Fsp3) is 1.00. The maximum absolute atomic E-state index is 11.8. The van der Waals surface area contributed by atoms with Crippen LogP contribution in [0.25, 0.3) is 0 Å². The molecule has 0 heterocycles. The fourth-order valence-electron chi connectivity index (χ4n) is 2.50. The van der Waals surface area contributed by atoms with Crippen LogP contribution in [-0.4, -0.2) is 18.1 Å². The van der Waals surface area contributed by atoms with Crippen molar-refractivity contribution in [3.05, 3.63) is 0 Å². The first-order chi connectivity index (χ1) is 10.9. The average molecular weight is 350 g/mol. The van der Waals surface area contributed by atoms with Crippen LogP contribution >= 0.6 is 7.82 Å². The molecular formula is C18H39O4P. The van der Waals surface area contributed by atoms with E-state index in [2.05, 4.69) is 27.7 Å². The van der Waals surface area contributed by atoms with Crippen LogP contribution in [0.5, 0.6) is 0 Å². The third-order valence-electron chi connectivity index (χ3n) is 4.20. The van der Waals surface area contributed by atoms with Gasteiger partial charge in [0.25, 0.3) is 0 Å². The lowest BCUT2D eigenvalue weighted by Gasteiger charge is -2.17. The summed E-state index contributed by atoms with van der Waals surface area (Å²) in [4.78, 5) is 9.70. The molecule has 0 fully saturated rings. The summed E-state index contributed by atoms with van der Waals surface area (Å²) >= 11 is 0. The van der Waals surface area contributed by atoms with Gasteiger partial charge in [0.2, 0.25) is 0 Å². The average Bonchev–Trinajstić information content (AvgIpc) is 2.49. The summed E-state index contributed by atoms with van der Waals surface area (Å²) in [5.41, 5.74) is 0. The quantitative estimate of drug-likeness (QED) is 0.261. The van der Waals surface area contributed by atoms with Crippen LogP contribution < -0.4 is 0 Å². The van der Waals surface area contributed by atoms with E-state index in [-0.39, 0.29) is 0 Å². The van der Waals surface area contributed by atoms with E-state index in [9.17, 15) is 9.46 Å². The molecule has 0 aliphatic heterocycles. The highest BCUT2D eigenvalue weighted by Crippen LogP contribution is 2.44. The van der Waals surface area contributed by atoms with Gasteiger partial charge in [-0.05, 0) is 24.7 Å². The zero-order valence-electron chi connectivity index (χ0n) is 15.8. The molecule has 2 unspecified atom stereocenters. The minimum Gasteiger partial charge on any atom is -0.302 e. The molecule has 0 saturated heterocycles. The van der Waals surface area contributed by atoms with Gasteiger partial charge in [-0.25, -0.2) is 4.57 Å². The zero-order valence-corrected chi connectivity index (χ0v) is 16.7. The number of phosphoric acid groups is 1. The molecule has 0 spiro atoms. The highest BCUT2D eigenvalue weighted by atomic mass is 31.2. The Kier molecular flexibility index (Phi) is 14.5. The Bertz CT molecular complexity index is 307. The summed E-state index contributed by atoms with van der Waals surface area (Å²) in [6.07, 6.45) is 11.1. The molecule has 140 valence electrons. The van der Waals surface area contributed by atoms with E-state index in [4.69, 9.17) is 9.05 Å². The fourth-order valence-corrected chi connectivity index (χ4v) is 3.33. The maximum atomic E-state index is 11.8. The van der Waals surface area contributed by atoms with Crippen molar-refractivity contribution in [3.63, 3.8) is 0 Å². The van der Waals surface area contributed by atoms with E-state index in [1.807, 2.05) is 0 Å². The molecule has 4 nitrogen and oxygen atoms in total. The van der Waals surface area contributed by atoms with Crippen molar-refractivity contribution < 1.29 is 18.5 Å². The highest BCUT2D eigenvalue weighted by molar-refractivity contribution is 7.47. The van der Waals surface area contributed by atoms with Gasteiger partial charge in [0, 0.05) is 0 Å². The van der Waals surface area contributed by atoms with Crippen molar-refractivity contribution in [3.8, 4) is 0 Å². The van der Waals surface area contributed by atoms with Gasteiger partial charge in [0.1, 0.15) is 0 Å². The van der Waals surface area contributed by atoms with Crippen LogP contribution in [0.3, 0.4) is 0 Å². The molecule has 23 heavy (non-hydrogen) atoms. The Hall–Kier alpha value is 0.110. The zero-order chi connectivity index (χ0) is 17.6. The van der Waals surface area contributed by atoms with Crippen molar-refractivity contribution in [2.75, 3.05) is 13.2 Å². The Morgan fingerprint density at radius 3 is 2.17 bits per heavy atom. The van der Waals surface area contributed by atoms with Crippen molar-refractivity contribution in [1.29, 1.82) is 0 Å². The van der Waals surface area contributed by atoms with Gasteiger partial charge < -0.3 is 4.89 Å². The van der Waals surface area contributed by atoms with Crippen LogP contribution in [0.15, 0.2) is 0 Å². The van der Waals surface area contributed by atoms with Gasteiger partial charge in [-0.1, -0.05) is 79.1 Å². The molecule has 0 aliphatic carbocycles. The summed E-state index contributed by atoms with van der Waals surface area (Å²) in [6, 6.07) is 0. The molecule has 0 amide bonds. The predicted molar refractivity (Wildman–Crippen MR) is 97.6 cm³/mol. The van der Waals surface area contributed by atoms with Crippen molar-refractivity contribution in [2.45, 2.75) is 91.9 Å². The Morgan fingerprint density at radius 1 is 0.913 bits per heavy atom. The van der Waals surface area contributed by atoms with E-state index < -0.39 is 7.82 Å². The summed E-state index contributed by atoms with van der Waals surface area (Å²) in [5, 5.41) is 0. The van der Waals surface area contributed by atoms with Gasteiger partial charge in [0.05, 0.1) is 13.2 Å². The second kappa shape index (κ2) is 14.5. The smallest absolute Gasteiger partial charge is 0.302 e. The first-order valence-corrected chi connectivity index (χ1v) is 11.0. The SMILES string of the molecule is CCCCC(CC)COP(=O)(O)OCCCCCCCC(C)C. The molecular weight excluding hydrogens is 311 g/mol. The second-order valence-corrected chi connectivity index (χ2v) is 8.42. The lowest BCUT2D eigenvalue weighted by Crippen LogP contribution is -2.09. The third kappa shape index (κ3) is 15.4. The molecule has 0 saturated carbocycles. The topological polar surface area (TPSA) is 55.8 Å². The molecule has 0 rings (SSSR count). The second-order valence-electron chi connectivity index (χ2n) is 6.96. The van der Waals surface area contributed by atoms with Gasteiger partial charge in [-0.15, -0.1) is 0 Å². The van der Waals surface area contributed by atoms with Crippen molar-refractivity contribution >= 4 is 7.82 Å². The Morgan fingerprint density at radius 2 is 1.57 bits per heavy atom. The van der Waals surface area contributed by atoms with Crippen LogP contribution in [-0.2, 0) is 13.6 Å². The summed E-state index contributed by atoms with van der Waals surface area (Å²) in [5.74, 6) is 1.13. The monoisotopic (exact) mass is 350 g/mol. The van der Waals surface area contributed by atoms with E-state index in [0.717, 1.165) is 44.4 Å². The van der Waals surface area contributed by atoms with Gasteiger partial charge in [-0.3, -0.25) is 9.05 Å². The van der Waals surface area contributed by atoms with Crippen LogP contribution in [0.2, 0.25) is 0 Å². The molecule has 0 aromatic heterocycles. The van der Waals surface area contributed by atoms with E-state index in [1.54, 1.807) is 0 Å². The molecule has 2 atom stereocenters. The third-order valence-corrected chi connectivity index (χ3v) is 5.18. The van der Waals surface area contributed by atoms with E-state index in [0.29, 0.717) is 19.1 Å². The summed E-state index contributed by atoms with van der Waals surface area (Å²) in [6.45, 7) is 9.36. The summed E-state index contributed by atoms with van der Waals surface area (Å²) in [7, 11) is -3.87. The molecule has 0 aliphatic rings. The first kappa shape index (κ1) is 23.1. The van der Waals surface area contributed by atoms with Crippen molar-refractivity contribution in [1.82, 2.24) is 0 Å². The van der Waals surface area contributed by atoms with Crippen LogP contribution in [0.4, 0.5) is 0 Å². The Balaban J connectivity index is 3.65. The molecule has 5 heteroatoms. The number of hydrogen-bond donors (Lipinski definition) is 1.